The number of hydrogen-bond acceptors (Lipinski definition) is 2. The van der Waals surface area contributed by atoms with Crippen molar-refractivity contribution in [3.05, 3.63) is 34.9 Å². The van der Waals surface area contributed by atoms with Crippen molar-refractivity contribution in [1.82, 2.24) is 0 Å². The number of rotatable bonds is 5. The third kappa shape index (κ3) is 6.15. The van der Waals surface area contributed by atoms with Crippen LogP contribution in [-0.2, 0) is 4.79 Å². The van der Waals surface area contributed by atoms with Crippen LogP contribution in [-0.4, -0.2) is 17.4 Å². The zero-order valence-corrected chi connectivity index (χ0v) is 10.3. The number of ether oxygens (including phenoxy) is 1. The molecule has 19 heavy (non-hydrogen) atoms. The third-order valence-corrected chi connectivity index (χ3v) is 2.36. The first-order valence-electron chi connectivity index (χ1n) is 5.21. The van der Waals surface area contributed by atoms with Crippen LogP contribution in [0.2, 0.25) is 5.02 Å². The van der Waals surface area contributed by atoms with Crippen LogP contribution >= 0.6 is 11.6 Å². The highest BCUT2D eigenvalue weighted by atomic mass is 35.5. The summed E-state index contributed by atoms with van der Waals surface area (Å²) in [6.45, 7) is 0. The van der Waals surface area contributed by atoms with Crippen LogP contribution in [0.5, 0.6) is 5.75 Å². The summed E-state index contributed by atoms with van der Waals surface area (Å²) in [5, 5.41) is 8.52. The van der Waals surface area contributed by atoms with Crippen molar-refractivity contribution in [2.75, 3.05) is 0 Å². The van der Waals surface area contributed by atoms with E-state index >= 15 is 0 Å². The molecule has 0 amide bonds. The lowest BCUT2D eigenvalue weighted by Gasteiger charge is -2.09. The van der Waals surface area contributed by atoms with Gasteiger partial charge >= 0.3 is 12.3 Å². The van der Waals surface area contributed by atoms with Gasteiger partial charge in [0.15, 0.2) is 0 Å². The van der Waals surface area contributed by atoms with Crippen molar-refractivity contribution in [3.63, 3.8) is 0 Å². The summed E-state index contributed by atoms with van der Waals surface area (Å²) in [4.78, 5) is 10.3. The summed E-state index contributed by atoms with van der Waals surface area (Å²) in [5.74, 6) is -1.33. The molecule has 0 spiro atoms. The van der Waals surface area contributed by atoms with Gasteiger partial charge in [-0.15, -0.1) is 13.2 Å². The molecule has 0 saturated heterocycles. The fourth-order valence-corrected chi connectivity index (χ4v) is 1.49. The summed E-state index contributed by atoms with van der Waals surface area (Å²) in [7, 11) is 0. The third-order valence-electron chi connectivity index (χ3n) is 2.03. The molecule has 0 aliphatic carbocycles. The average Bonchev–Trinajstić information content (AvgIpc) is 2.24. The molecule has 0 unspecified atom stereocenters. The second-order valence-electron chi connectivity index (χ2n) is 3.57. The monoisotopic (exact) mass is 294 g/mol. The Morgan fingerprint density at radius 3 is 2.63 bits per heavy atom. The maximum Gasteiger partial charge on any atom is 0.573 e. The highest BCUT2D eigenvalue weighted by Gasteiger charge is 2.31. The van der Waals surface area contributed by atoms with Crippen molar-refractivity contribution in [2.45, 2.75) is 19.2 Å². The van der Waals surface area contributed by atoms with E-state index in [4.69, 9.17) is 16.7 Å². The molecular formula is C12H10ClF3O3. The molecule has 0 saturated carbocycles. The largest absolute Gasteiger partial charge is 0.573 e. The Balaban J connectivity index is 2.69. The molecule has 0 aliphatic rings. The lowest BCUT2D eigenvalue weighted by Crippen LogP contribution is -2.17. The highest BCUT2D eigenvalue weighted by molar-refractivity contribution is 6.32. The van der Waals surface area contributed by atoms with Crippen molar-refractivity contribution in [2.24, 2.45) is 0 Å². The van der Waals surface area contributed by atoms with Gasteiger partial charge in [-0.3, -0.25) is 4.79 Å². The number of carbonyl (C=O) groups is 1. The van der Waals surface area contributed by atoms with Crippen molar-refractivity contribution < 1.29 is 27.8 Å². The number of alkyl halides is 3. The number of benzene rings is 1. The van der Waals surface area contributed by atoms with E-state index in [0.29, 0.717) is 12.0 Å². The summed E-state index contributed by atoms with van der Waals surface area (Å²) in [6, 6.07) is 3.54. The summed E-state index contributed by atoms with van der Waals surface area (Å²) in [6.07, 6.45) is -1.35. The molecule has 7 heteroatoms. The predicted octanol–water partition coefficient (Wildman–Crippen LogP) is 4.12. The molecule has 0 radical (unpaired) electrons. The van der Waals surface area contributed by atoms with Gasteiger partial charge in [-0.2, -0.15) is 0 Å². The van der Waals surface area contributed by atoms with Gasteiger partial charge in [0.1, 0.15) is 5.75 Å². The van der Waals surface area contributed by atoms with Gasteiger partial charge < -0.3 is 9.84 Å². The van der Waals surface area contributed by atoms with Crippen molar-refractivity contribution in [1.29, 1.82) is 0 Å². The molecule has 3 nitrogen and oxygen atoms in total. The number of hydrogen-bond donors (Lipinski definition) is 1. The minimum absolute atomic E-state index is 0.0244. The van der Waals surface area contributed by atoms with E-state index in [2.05, 4.69) is 4.74 Å². The fourth-order valence-electron chi connectivity index (χ4n) is 1.26. The minimum atomic E-state index is -4.76. The SMILES string of the molecule is O=C(O)CCC=Cc1ccc(OC(F)(F)F)cc1Cl. The molecule has 0 aliphatic heterocycles. The van der Waals surface area contributed by atoms with E-state index < -0.39 is 18.1 Å². The number of carboxylic acids is 1. The lowest BCUT2D eigenvalue weighted by atomic mass is 10.2. The molecule has 1 rings (SSSR count). The first kappa shape index (κ1) is 15.4. The fraction of sp³-hybridized carbons (Fsp3) is 0.250. The summed E-state index contributed by atoms with van der Waals surface area (Å²) < 4.78 is 39.6. The summed E-state index contributed by atoms with van der Waals surface area (Å²) >= 11 is 5.78. The Labute approximate surface area is 112 Å². The highest BCUT2D eigenvalue weighted by Crippen LogP contribution is 2.28. The lowest BCUT2D eigenvalue weighted by molar-refractivity contribution is -0.274. The number of carboxylic acid groups (broad SMARTS) is 1. The Morgan fingerprint density at radius 2 is 2.11 bits per heavy atom. The van der Waals surface area contributed by atoms with E-state index in [9.17, 15) is 18.0 Å². The summed E-state index contributed by atoms with van der Waals surface area (Å²) in [5.41, 5.74) is 0.488. The zero-order chi connectivity index (χ0) is 14.5. The zero-order valence-electron chi connectivity index (χ0n) is 9.58. The van der Waals surface area contributed by atoms with Crippen LogP contribution < -0.4 is 4.74 Å². The smallest absolute Gasteiger partial charge is 0.481 e. The Hall–Kier alpha value is -1.69. The number of aliphatic carboxylic acids is 1. The predicted molar refractivity (Wildman–Crippen MR) is 64.0 cm³/mol. The second-order valence-corrected chi connectivity index (χ2v) is 3.97. The van der Waals surface area contributed by atoms with Gasteiger partial charge in [0.2, 0.25) is 0 Å². The second kappa shape index (κ2) is 6.47. The van der Waals surface area contributed by atoms with E-state index in [1.165, 1.54) is 6.07 Å². The van der Waals surface area contributed by atoms with Crippen molar-refractivity contribution in [3.8, 4) is 5.75 Å². The van der Waals surface area contributed by atoms with Gasteiger partial charge in [-0.05, 0) is 30.2 Å². The quantitative estimate of drug-likeness (QED) is 0.888. The van der Waals surface area contributed by atoms with Gasteiger partial charge in [-0.1, -0.05) is 23.8 Å². The molecule has 1 aromatic rings. The standard InChI is InChI=1S/C12H10ClF3O3/c13-10-7-9(19-12(14,15)16)6-5-8(10)3-1-2-4-11(17)18/h1,3,5-7H,2,4H2,(H,17,18). The molecule has 0 atom stereocenters. The minimum Gasteiger partial charge on any atom is -0.481 e. The maximum atomic E-state index is 12.0. The van der Waals surface area contributed by atoms with E-state index in [1.807, 2.05) is 0 Å². The molecule has 1 aromatic carbocycles. The van der Waals surface area contributed by atoms with Crippen LogP contribution in [0.1, 0.15) is 18.4 Å². The molecule has 0 bridgehead atoms. The van der Waals surface area contributed by atoms with Gasteiger partial charge in [0.25, 0.3) is 0 Å². The molecular weight excluding hydrogens is 285 g/mol. The Morgan fingerprint density at radius 1 is 1.42 bits per heavy atom. The van der Waals surface area contributed by atoms with E-state index in [0.717, 1.165) is 12.1 Å². The molecule has 1 N–H and O–H groups in total. The van der Waals surface area contributed by atoms with E-state index in [1.54, 1.807) is 12.2 Å². The van der Waals surface area contributed by atoms with E-state index in [-0.39, 0.29) is 11.4 Å². The average molecular weight is 295 g/mol. The number of allylic oxidation sites excluding steroid dienone is 1. The first-order chi connectivity index (χ1) is 8.78. The topological polar surface area (TPSA) is 46.5 Å². The Bertz CT molecular complexity index is 484. The molecule has 0 heterocycles. The molecule has 0 fully saturated rings. The first-order valence-corrected chi connectivity index (χ1v) is 5.59. The van der Waals surface area contributed by atoms with Crippen LogP contribution in [0.4, 0.5) is 13.2 Å². The van der Waals surface area contributed by atoms with Gasteiger partial charge in [0, 0.05) is 6.42 Å². The Kier molecular flexibility index (Phi) is 5.23. The molecule has 0 aromatic heterocycles. The van der Waals surface area contributed by atoms with Crippen LogP contribution in [0.15, 0.2) is 24.3 Å². The number of halogens is 4. The van der Waals surface area contributed by atoms with Crippen LogP contribution in [0.25, 0.3) is 6.08 Å². The maximum absolute atomic E-state index is 12.0. The molecule has 104 valence electrons. The van der Waals surface area contributed by atoms with Crippen LogP contribution in [0, 0.1) is 0 Å². The van der Waals surface area contributed by atoms with Gasteiger partial charge in [0.05, 0.1) is 5.02 Å². The normalized spacial score (nSPS) is 11.8. The van der Waals surface area contributed by atoms with Crippen LogP contribution in [0.3, 0.4) is 0 Å². The van der Waals surface area contributed by atoms with Gasteiger partial charge in [-0.25, -0.2) is 0 Å². The van der Waals surface area contributed by atoms with Crippen molar-refractivity contribution >= 4 is 23.6 Å².